The first-order chi connectivity index (χ1) is 15.3. The van der Waals surface area contributed by atoms with Crippen LogP contribution in [0.5, 0.6) is 0 Å². The fraction of sp³-hybridized carbons (Fsp3) is 0.217. The number of nitrogens with zero attached hydrogens (tertiary/aromatic N) is 2. The number of hydrogen-bond acceptors (Lipinski definition) is 6. The van der Waals surface area contributed by atoms with Crippen LogP contribution < -0.4 is 16.2 Å². The van der Waals surface area contributed by atoms with E-state index in [0.29, 0.717) is 10.2 Å². The van der Waals surface area contributed by atoms with Crippen LogP contribution in [0.15, 0.2) is 46.1 Å². The van der Waals surface area contributed by atoms with E-state index >= 15 is 0 Å². The van der Waals surface area contributed by atoms with Crippen LogP contribution in [0.2, 0.25) is 0 Å². The van der Waals surface area contributed by atoms with Gasteiger partial charge < -0.3 is 10.6 Å². The number of amides is 2. The molecule has 0 aliphatic heterocycles. The zero-order chi connectivity index (χ0) is 22.8. The summed E-state index contributed by atoms with van der Waals surface area (Å²) < 4.78 is 1.27. The molecule has 3 heterocycles. The van der Waals surface area contributed by atoms with E-state index in [9.17, 15) is 14.4 Å². The first kappa shape index (κ1) is 21.9. The third-order valence-corrected chi connectivity index (χ3v) is 6.84. The van der Waals surface area contributed by atoms with Gasteiger partial charge in [0, 0.05) is 21.5 Å². The Hall–Kier alpha value is -3.30. The molecule has 0 atom stereocenters. The lowest BCUT2D eigenvalue weighted by Gasteiger charge is -2.13. The predicted molar refractivity (Wildman–Crippen MR) is 129 cm³/mol. The lowest BCUT2D eigenvalue weighted by molar-refractivity contribution is -0.124. The SMILES string of the molecule is Cc1cc(C)c(NC(=O)CNC(=O)Cn2cnc3scc(-c4cccs4)c3c2=O)c(C)c1. The molecule has 1 aromatic carbocycles. The summed E-state index contributed by atoms with van der Waals surface area (Å²) in [6.45, 7) is 5.46. The minimum atomic E-state index is -0.436. The minimum Gasteiger partial charge on any atom is -0.345 e. The number of hydrogen-bond donors (Lipinski definition) is 2. The van der Waals surface area contributed by atoms with Crippen LogP contribution >= 0.6 is 22.7 Å². The molecule has 0 spiro atoms. The Labute approximate surface area is 192 Å². The van der Waals surface area contributed by atoms with E-state index in [-0.39, 0.29) is 24.6 Å². The lowest BCUT2D eigenvalue weighted by atomic mass is 10.1. The van der Waals surface area contributed by atoms with Crippen molar-refractivity contribution >= 4 is 50.4 Å². The van der Waals surface area contributed by atoms with Crippen LogP contribution in [0.4, 0.5) is 5.69 Å². The molecule has 0 bridgehead atoms. The molecular weight excluding hydrogens is 444 g/mol. The number of aromatic nitrogens is 2. The van der Waals surface area contributed by atoms with Crippen molar-refractivity contribution in [1.82, 2.24) is 14.9 Å². The molecule has 4 rings (SSSR count). The first-order valence-electron chi connectivity index (χ1n) is 9.98. The van der Waals surface area contributed by atoms with Crippen molar-refractivity contribution < 1.29 is 9.59 Å². The second kappa shape index (κ2) is 9.05. The molecule has 0 fully saturated rings. The van der Waals surface area contributed by atoms with Gasteiger partial charge >= 0.3 is 0 Å². The number of fused-ring (bicyclic) bond motifs is 1. The number of benzene rings is 1. The maximum atomic E-state index is 13.0. The van der Waals surface area contributed by atoms with E-state index in [1.54, 1.807) is 11.3 Å². The van der Waals surface area contributed by atoms with Crippen molar-refractivity contribution in [3.05, 3.63) is 68.4 Å². The summed E-state index contributed by atoms with van der Waals surface area (Å²) in [6.07, 6.45) is 1.37. The average molecular weight is 467 g/mol. The van der Waals surface area contributed by atoms with E-state index in [1.807, 2.05) is 55.8 Å². The average Bonchev–Trinajstić information content (AvgIpc) is 3.41. The summed E-state index contributed by atoms with van der Waals surface area (Å²) in [5, 5.41) is 9.80. The van der Waals surface area contributed by atoms with Crippen molar-refractivity contribution in [1.29, 1.82) is 0 Å². The second-order valence-corrected chi connectivity index (χ2v) is 9.39. The molecule has 164 valence electrons. The predicted octanol–water partition coefficient (Wildman–Crippen LogP) is 3.87. The third-order valence-electron chi connectivity index (χ3n) is 5.05. The number of carbonyl (C=O) groups excluding carboxylic acids is 2. The Morgan fingerprint density at radius 1 is 1.09 bits per heavy atom. The maximum Gasteiger partial charge on any atom is 0.263 e. The van der Waals surface area contributed by atoms with Crippen LogP contribution in [0.3, 0.4) is 0 Å². The summed E-state index contributed by atoms with van der Waals surface area (Å²) in [5.41, 5.74) is 4.35. The van der Waals surface area contributed by atoms with Gasteiger partial charge in [-0.2, -0.15) is 0 Å². The van der Waals surface area contributed by atoms with Crippen LogP contribution in [-0.4, -0.2) is 27.9 Å². The van der Waals surface area contributed by atoms with Crippen molar-refractivity contribution in [2.24, 2.45) is 0 Å². The van der Waals surface area contributed by atoms with Gasteiger partial charge in [0.15, 0.2) is 0 Å². The minimum absolute atomic E-state index is 0.186. The highest BCUT2D eigenvalue weighted by Crippen LogP contribution is 2.33. The topological polar surface area (TPSA) is 93.1 Å². The fourth-order valence-electron chi connectivity index (χ4n) is 3.64. The quantitative estimate of drug-likeness (QED) is 0.451. The zero-order valence-corrected chi connectivity index (χ0v) is 19.5. The summed E-state index contributed by atoms with van der Waals surface area (Å²) in [4.78, 5) is 43.7. The molecule has 0 aliphatic rings. The third kappa shape index (κ3) is 4.49. The molecule has 0 radical (unpaired) electrons. The standard InChI is InChI=1S/C23H22N4O3S2/c1-13-7-14(2)21(15(3)8-13)26-18(28)9-24-19(29)10-27-12-25-22-20(23(27)30)16(11-32-22)17-5-4-6-31-17/h4-8,11-12H,9-10H2,1-3H3,(H,24,29)(H,26,28). The summed E-state index contributed by atoms with van der Waals surface area (Å²) >= 11 is 2.95. The van der Waals surface area contributed by atoms with E-state index in [1.165, 1.54) is 22.2 Å². The number of aryl methyl sites for hydroxylation is 3. The molecule has 2 amide bonds. The van der Waals surface area contributed by atoms with Crippen LogP contribution in [0.25, 0.3) is 20.7 Å². The van der Waals surface area contributed by atoms with Crippen LogP contribution in [0.1, 0.15) is 16.7 Å². The summed E-state index contributed by atoms with van der Waals surface area (Å²) in [7, 11) is 0. The molecule has 9 heteroatoms. The van der Waals surface area contributed by atoms with Gasteiger partial charge in [0.05, 0.1) is 18.3 Å². The highest BCUT2D eigenvalue weighted by Gasteiger charge is 2.16. The monoisotopic (exact) mass is 466 g/mol. The van der Waals surface area contributed by atoms with Crippen LogP contribution in [-0.2, 0) is 16.1 Å². The number of rotatable bonds is 6. The largest absolute Gasteiger partial charge is 0.345 e. The summed E-state index contributed by atoms with van der Waals surface area (Å²) in [5.74, 6) is -0.763. The molecule has 0 unspecified atom stereocenters. The van der Waals surface area contributed by atoms with Gasteiger partial charge in [-0.1, -0.05) is 23.8 Å². The van der Waals surface area contributed by atoms with Gasteiger partial charge in [0.2, 0.25) is 11.8 Å². The Morgan fingerprint density at radius 2 is 1.84 bits per heavy atom. The van der Waals surface area contributed by atoms with Gasteiger partial charge in [0.25, 0.3) is 5.56 Å². The number of anilines is 1. The van der Waals surface area contributed by atoms with Crippen LogP contribution in [0, 0.1) is 20.8 Å². The van der Waals surface area contributed by atoms with Crippen molar-refractivity contribution in [3.8, 4) is 10.4 Å². The number of nitrogens with one attached hydrogen (secondary N) is 2. The van der Waals surface area contributed by atoms with Gasteiger partial charge in [-0.25, -0.2) is 4.98 Å². The van der Waals surface area contributed by atoms with E-state index in [2.05, 4.69) is 15.6 Å². The van der Waals surface area contributed by atoms with Crippen molar-refractivity contribution in [2.75, 3.05) is 11.9 Å². The Balaban J connectivity index is 1.43. The Bertz CT molecular complexity index is 1350. The molecule has 3 aromatic heterocycles. The molecule has 0 saturated heterocycles. The highest BCUT2D eigenvalue weighted by atomic mass is 32.1. The zero-order valence-electron chi connectivity index (χ0n) is 17.9. The fourth-order valence-corrected chi connectivity index (χ4v) is 5.36. The van der Waals surface area contributed by atoms with Crippen molar-refractivity contribution in [3.63, 3.8) is 0 Å². The lowest BCUT2D eigenvalue weighted by Crippen LogP contribution is -2.37. The highest BCUT2D eigenvalue weighted by molar-refractivity contribution is 7.18. The number of thiophene rings is 2. The van der Waals surface area contributed by atoms with Gasteiger partial charge in [0.1, 0.15) is 11.4 Å². The van der Waals surface area contributed by atoms with Gasteiger partial charge in [-0.05, 0) is 43.3 Å². The molecule has 0 saturated carbocycles. The van der Waals surface area contributed by atoms with E-state index in [4.69, 9.17) is 0 Å². The molecule has 0 aliphatic carbocycles. The number of carbonyl (C=O) groups is 2. The van der Waals surface area contributed by atoms with Gasteiger partial charge in [-0.3, -0.25) is 19.0 Å². The molecule has 7 nitrogen and oxygen atoms in total. The Kier molecular flexibility index (Phi) is 6.20. The summed E-state index contributed by atoms with van der Waals surface area (Å²) in [6, 6.07) is 7.86. The Morgan fingerprint density at radius 3 is 2.53 bits per heavy atom. The second-order valence-electron chi connectivity index (χ2n) is 7.58. The van der Waals surface area contributed by atoms with E-state index in [0.717, 1.165) is 32.8 Å². The molecule has 32 heavy (non-hydrogen) atoms. The maximum absolute atomic E-state index is 13.0. The molecular formula is C23H22N4O3S2. The van der Waals surface area contributed by atoms with Gasteiger partial charge in [-0.15, -0.1) is 22.7 Å². The van der Waals surface area contributed by atoms with Crippen molar-refractivity contribution in [2.45, 2.75) is 27.3 Å². The molecule has 4 aromatic rings. The smallest absolute Gasteiger partial charge is 0.263 e. The first-order valence-corrected chi connectivity index (χ1v) is 11.7. The van der Waals surface area contributed by atoms with E-state index < -0.39 is 5.91 Å². The molecule has 2 N–H and O–H groups in total. The normalized spacial score (nSPS) is 11.0.